The normalized spacial score (nSPS) is 16.4. The van der Waals surface area contributed by atoms with Gasteiger partial charge < -0.3 is 10.6 Å². The molecule has 2 N–H and O–H groups in total. The van der Waals surface area contributed by atoms with Gasteiger partial charge in [0, 0.05) is 19.3 Å². The molecule has 1 aromatic carbocycles. The molecule has 2 heterocycles. The molecule has 3 rings (SSSR count). The van der Waals surface area contributed by atoms with E-state index >= 15 is 0 Å². The number of nitrogen functional groups attached to an aromatic ring is 1. The number of piperidine rings is 1. The number of carbonyl (C=O) groups excluding carboxylic acids is 1. The van der Waals surface area contributed by atoms with Gasteiger partial charge in [-0.1, -0.05) is 6.07 Å². The lowest BCUT2D eigenvalue weighted by atomic mass is 9.85. The van der Waals surface area contributed by atoms with E-state index in [-0.39, 0.29) is 28.1 Å². The number of aromatic nitrogens is 2. The van der Waals surface area contributed by atoms with Crippen LogP contribution >= 0.6 is 0 Å². The summed E-state index contributed by atoms with van der Waals surface area (Å²) in [5, 5.41) is 0. The summed E-state index contributed by atoms with van der Waals surface area (Å²) in [5.74, 6) is -0.620. The zero-order valence-corrected chi connectivity index (χ0v) is 17.9. The summed E-state index contributed by atoms with van der Waals surface area (Å²) in [5.41, 5.74) is 4.90. The van der Waals surface area contributed by atoms with E-state index in [0.29, 0.717) is 32.0 Å². The van der Waals surface area contributed by atoms with Gasteiger partial charge in [0.1, 0.15) is 12.1 Å². The molecule has 1 amide bonds. The molecule has 0 atom stereocenters. The van der Waals surface area contributed by atoms with Crippen molar-refractivity contribution < 1.29 is 26.4 Å². The molecule has 0 saturated carbocycles. The first-order valence-corrected chi connectivity index (χ1v) is 11.1. The molecular weight excluding hydrogens is 433 g/mol. The van der Waals surface area contributed by atoms with E-state index < -0.39 is 26.3 Å². The number of nitrogens with two attached hydrogens (primary N) is 1. The summed E-state index contributed by atoms with van der Waals surface area (Å²) >= 11 is 0. The quantitative estimate of drug-likeness (QED) is 0.757. The molecule has 2 aromatic rings. The molecule has 1 aliphatic rings. The van der Waals surface area contributed by atoms with Crippen LogP contribution in [0, 0.1) is 5.92 Å². The Hall–Kier alpha value is -2.69. The van der Waals surface area contributed by atoms with Gasteiger partial charge in [-0.25, -0.2) is 18.4 Å². The monoisotopic (exact) mass is 456 g/mol. The Labute approximate surface area is 178 Å². The molecule has 0 unspecified atom stereocenters. The lowest BCUT2D eigenvalue weighted by molar-refractivity contribution is -0.137. The number of benzene rings is 1. The van der Waals surface area contributed by atoms with Crippen LogP contribution in [0.1, 0.15) is 42.6 Å². The standard InChI is InChI=1S/C20H23F3N4O3S/c1-19(2,31(29,30)15-5-3-4-14(10-15)20(21,22)23)13-6-8-27(9-7-13)18(28)16-11-25-12-26-17(16)24/h3-5,10-13H,6-9H2,1-2H3,(H2,24,25,26). The fourth-order valence-electron chi connectivity index (χ4n) is 3.81. The molecule has 168 valence electrons. The highest BCUT2D eigenvalue weighted by molar-refractivity contribution is 7.92. The van der Waals surface area contributed by atoms with Gasteiger partial charge in [-0.3, -0.25) is 4.79 Å². The van der Waals surface area contributed by atoms with Crippen molar-refractivity contribution in [3.63, 3.8) is 0 Å². The summed E-state index contributed by atoms with van der Waals surface area (Å²) in [6.45, 7) is 3.63. The Morgan fingerprint density at radius 3 is 2.42 bits per heavy atom. The second-order valence-corrected chi connectivity index (χ2v) is 10.6. The average molecular weight is 456 g/mol. The maximum Gasteiger partial charge on any atom is 0.416 e. The van der Waals surface area contributed by atoms with Gasteiger partial charge in [0.2, 0.25) is 0 Å². The first-order chi connectivity index (χ1) is 14.4. The van der Waals surface area contributed by atoms with Crippen LogP contribution in [0.2, 0.25) is 0 Å². The van der Waals surface area contributed by atoms with Crippen molar-refractivity contribution in [2.75, 3.05) is 18.8 Å². The SMILES string of the molecule is CC(C)(C1CCN(C(=O)c2cncnc2N)CC1)S(=O)(=O)c1cccc(C(F)(F)F)c1. The van der Waals surface area contributed by atoms with Crippen LogP contribution in [-0.2, 0) is 16.0 Å². The van der Waals surface area contributed by atoms with E-state index in [9.17, 15) is 26.4 Å². The Morgan fingerprint density at radius 1 is 1.19 bits per heavy atom. The minimum absolute atomic E-state index is 0.0644. The molecule has 11 heteroatoms. The van der Waals surface area contributed by atoms with Crippen LogP contribution in [-0.4, -0.2) is 47.0 Å². The number of hydrogen-bond acceptors (Lipinski definition) is 6. The Bertz CT molecular complexity index is 1080. The van der Waals surface area contributed by atoms with Crippen molar-refractivity contribution in [3.8, 4) is 0 Å². The lowest BCUT2D eigenvalue weighted by Crippen LogP contribution is -2.47. The molecule has 1 aromatic heterocycles. The maximum absolute atomic E-state index is 13.2. The Morgan fingerprint density at radius 2 is 1.84 bits per heavy atom. The minimum atomic E-state index is -4.63. The maximum atomic E-state index is 13.2. The molecule has 0 spiro atoms. The van der Waals surface area contributed by atoms with Crippen molar-refractivity contribution >= 4 is 21.6 Å². The van der Waals surface area contributed by atoms with Gasteiger partial charge in [-0.15, -0.1) is 0 Å². The molecule has 0 aliphatic carbocycles. The lowest BCUT2D eigenvalue weighted by Gasteiger charge is -2.40. The average Bonchev–Trinajstić information content (AvgIpc) is 2.73. The van der Waals surface area contributed by atoms with Crippen molar-refractivity contribution in [2.45, 2.75) is 42.5 Å². The predicted octanol–water partition coefficient (Wildman–Crippen LogP) is 3.18. The van der Waals surface area contributed by atoms with E-state index in [1.165, 1.54) is 32.4 Å². The topological polar surface area (TPSA) is 106 Å². The van der Waals surface area contributed by atoms with Crippen LogP contribution < -0.4 is 5.73 Å². The number of anilines is 1. The molecular formula is C20H23F3N4O3S. The molecule has 0 radical (unpaired) electrons. The second kappa shape index (κ2) is 8.10. The zero-order chi connectivity index (χ0) is 23.0. The van der Waals surface area contributed by atoms with E-state index in [1.807, 2.05) is 0 Å². The van der Waals surface area contributed by atoms with Gasteiger partial charge in [0.15, 0.2) is 9.84 Å². The minimum Gasteiger partial charge on any atom is -0.383 e. The van der Waals surface area contributed by atoms with Gasteiger partial charge >= 0.3 is 6.18 Å². The number of hydrogen-bond donors (Lipinski definition) is 1. The van der Waals surface area contributed by atoms with Gasteiger partial charge in [-0.2, -0.15) is 13.2 Å². The van der Waals surface area contributed by atoms with E-state index in [4.69, 9.17) is 5.73 Å². The first kappa shape index (κ1) is 23.0. The van der Waals surface area contributed by atoms with E-state index in [0.717, 1.165) is 12.1 Å². The largest absolute Gasteiger partial charge is 0.416 e. The molecule has 7 nitrogen and oxygen atoms in total. The van der Waals surface area contributed by atoms with E-state index in [1.54, 1.807) is 4.90 Å². The fourth-order valence-corrected chi connectivity index (χ4v) is 5.64. The van der Waals surface area contributed by atoms with Gasteiger partial charge in [-0.05, 0) is 50.8 Å². The Kier molecular flexibility index (Phi) is 6.01. The van der Waals surface area contributed by atoms with Crippen LogP contribution in [0.4, 0.5) is 19.0 Å². The number of nitrogens with zero attached hydrogens (tertiary/aromatic N) is 3. The van der Waals surface area contributed by atoms with Crippen LogP contribution in [0.25, 0.3) is 0 Å². The third-order valence-electron chi connectivity index (χ3n) is 5.90. The first-order valence-electron chi connectivity index (χ1n) is 9.62. The number of halogens is 3. The van der Waals surface area contributed by atoms with Crippen molar-refractivity contribution in [1.82, 2.24) is 14.9 Å². The van der Waals surface area contributed by atoms with Crippen LogP contribution in [0.5, 0.6) is 0 Å². The third kappa shape index (κ3) is 4.36. The fraction of sp³-hybridized carbons (Fsp3) is 0.450. The highest BCUT2D eigenvalue weighted by atomic mass is 32.2. The summed E-state index contributed by atoms with van der Waals surface area (Å²) in [7, 11) is -4.06. The number of carbonyl (C=O) groups is 1. The molecule has 0 bridgehead atoms. The predicted molar refractivity (Wildman–Crippen MR) is 108 cm³/mol. The van der Waals surface area contributed by atoms with Crippen LogP contribution in [0.3, 0.4) is 0 Å². The highest BCUT2D eigenvalue weighted by Crippen LogP contribution is 2.39. The van der Waals surface area contributed by atoms with Gasteiger partial charge in [0.25, 0.3) is 5.91 Å². The molecule has 1 saturated heterocycles. The van der Waals surface area contributed by atoms with E-state index in [2.05, 4.69) is 9.97 Å². The van der Waals surface area contributed by atoms with Crippen molar-refractivity contribution in [2.24, 2.45) is 5.92 Å². The summed E-state index contributed by atoms with van der Waals surface area (Å²) in [6, 6.07) is 3.80. The highest BCUT2D eigenvalue weighted by Gasteiger charge is 2.45. The van der Waals surface area contributed by atoms with Crippen molar-refractivity contribution in [3.05, 3.63) is 47.9 Å². The number of sulfone groups is 1. The third-order valence-corrected chi connectivity index (χ3v) is 8.50. The molecule has 1 fully saturated rings. The molecule has 1 aliphatic heterocycles. The van der Waals surface area contributed by atoms with Crippen molar-refractivity contribution in [1.29, 1.82) is 0 Å². The van der Waals surface area contributed by atoms with Crippen LogP contribution in [0.15, 0.2) is 41.7 Å². The number of likely N-dealkylation sites (tertiary alicyclic amines) is 1. The second-order valence-electron chi connectivity index (χ2n) is 8.02. The summed E-state index contributed by atoms with van der Waals surface area (Å²) in [4.78, 5) is 21.5. The Balaban J connectivity index is 1.78. The summed E-state index contributed by atoms with van der Waals surface area (Å²) in [6.07, 6.45) is -1.31. The number of amides is 1. The number of rotatable bonds is 4. The molecule has 31 heavy (non-hydrogen) atoms. The summed E-state index contributed by atoms with van der Waals surface area (Å²) < 4.78 is 64.3. The van der Waals surface area contributed by atoms with Gasteiger partial charge in [0.05, 0.1) is 20.8 Å². The smallest absolute Gasteiger partial charge is 0.383 e. The number of alkyl halides is 3. The zero-order valence-electron chi connectivity index (χ0n) is 17.1.